The standard InChI is InChI=1S/C11H14BrClO3S/c1-6-7(2)11(16-4)9(5-17(13,14)15)8(3)10(6)12/h5H2,1-4H3. The molecule has 0 aromatic heterocycles. The highest BCUT2D eigenvalue weighted by Crippen LogP contribution is 2.37. The van der Waals surface area contributed by atoms with Gasteiger partial charge in [-0.3, -0.25) is 0 Å². The van der Waals surface area contributed by atoms with Gasteiger partial charge < -0.3 is 4.74 Å². The van der Waals surface area contributed by atoms with E-state index in [1.165, 1.54) is 7.11 Å². The first-order chi connectivity index (χ1) is 7.69. The average Bonchev–Trinajstić information content (AvgIpc) is 2.22. The van der Waals surface area contributed by atoms with Crippen LogP contribution in [-0.4, -0.2) is 15.5 Å². The first-order valence-electron chi connectivity index (χ1n) is 4.93. The third-order valence-corrected chi connectivity index (χ3v) is 4.96. The Balaban J connectivity index is 3.58. The van der Waals surface area contributed by atoms with E-state index < -0.39 is 9.05 Å². The van der Waals surface area contributed by atoms with Crippen LogP contribution in [0.2, 0.25) is 0 Å². The van der Waals surface area contributed by atoms with E-state index in [2.05, 4.69) is 15.9 Å². The Kier molecular flexibility index (Phi) is 4.49. The van der Waals surface area contributed by atoms with Crippen molar-refractivity contribution in [2.45, 2.75) is 26.5 Å². The van der Waals surface area contributed by atoms with E-state index in [1.54, 1.807) is 0 Å². The normalized spacial score (nSPS) is 11.6. The van der Waals surface area contributed by atoms with Gasteiger partial charge in [-0.1, -0.05) is 15.9 Å². The lowest BCUT2D eigenvalue weighted by atomic mass is 10.00. The van der Waals surface area contributed by atoms with Crippen LogP contribution < -0.4 is 4.74 Å². The van der Waals surface area contributed by atoms with E-state index in [9.17, 15) is 8.42 Å². The predicted octanol–water partition coefficient (Wildman–Crippen LogP) is 3.45. The van der Waals surface area contributed by atoms with Crippen molar-refractivity contribution in [1.29, 1.82) is 0 Å². The quantitative estimate of drug-likeness (QED) is 0.791. The predicted molar refractivity (Wildman–Crippen MR) is 73.4 cm³/mol. The van der Waals surface area contributed by atoms with Crippen LogP contribution in [0.3, 0.4) is 0 Å². The molecule has 0 saturated carbocycles. The van der Waals surface area contributed by atoms with Gasteiger partial charge in [-0.2, -0.15) is 0 Å². The molecule has 1 rings (SSSR count). The summed E-state index contributed by atoms with van der Waals surface area (Å²) in [6.45, 7) is 5.69. The molecule has 1 aromatic rings. The summed E-state index contributed by atoms with van der Waals surface area (Å²) in [7, 11) is 3.23. The summed E-state index contributed by atoms with van der Waals surface area (Å²) in [6.07, 6.45) is 0. The summed E-state index contributed by atoms with van der Waals surface area (Å²) in [5.74, 6) is 0.357. The molecule has 17 heavy (non-hydrogen) atoms. The van der Waals surface area contributed by atoms with Crippen LogP contribution in [0, 0.1) is 20.8 Å². The molecule has 0 saturated heterocycles. The van der Waals surface area contributed by atoms with Gasteiger partial charge in [0.25, 0.3) is 0 Å². The zero-order chi connectivity index (χ0) is 13.4. The Morgan fingerprint density at radius 2 is 1.71 bits per heavy atom. The SMILES string of the molecule is COc1c(C)c(C)c(Br)c(C)c1CS(=O)(=O)Cl. The van der Waals surface area contributed by atoms with Crippen LogP contribution in [0.25, 0.3) is 0 Å². The van der Waals surface area contributed by atoms with Crippen LogP contribution in [0.5, 0.6) is 5.75 Å². The molecule has 0 N–H and O–H groups in total. The molecule has 0 radical (unpaired) electrons. The van der Waals surface area contributed by atoms with E-state index >= 15 is 0 Å². The van der Waals surface area contributed by atoms with Crippen molar-refractivity contribution in [1.82, 2.24) is 0 Å². The van der Waals surface area contributed by atoms with Gasteiger partial charge in [0, 0.05) is 20.7 Å². The highest BCUT2D eigenvalue weighted by molar-refractivity contribution is 9.10. The maximum absolute atomic E-state index is 11.2. The van der Waals surface area contributed by atoms with Gasteiger partial charge in [-0.15, -0.1) is 0 Å². The summed E-state index contributed by atoms with van der Waals surface area (Å²) >= 11 is 3.46. The fourth-order valence-electron chi connectivity index (χ4n) is 1.77. The van der Waals surface area contributed by atoms with Gasteiger partial charge >= 0.3 is 0 Å². The van der Waals surface area contributed by atoms with Crippen LogP contribution >= 0.6 is 26.6 Å². The number of rotatable bonds is 3. The van der Waals surface area contributed by atoms with Gasteiger partial charge in [0.1, 0.15) is 5.75 Å². The van der Waals surface area contributed by atoms with Gasteiger partial charge in [0.05, 0.1) is 12.9 Å². The Morgan fingerprint density at radius 3 is 2.12 bits per heavy atom. The highest BCUT2D eigenvalue weighted by Gasteiger charge is 2.20. The van der Waals surface area contributed by atoms with Crippen molar-refractivity contribution in [3.05, 3.63) is 26.7 Å². The lowest BCUT2D eigenvalue weighted by Gasteiger charge is -2.17. The molecular formula is C11H14BrClO3S. The van der Waals surface area contributed by atoms with Gasteiger partial charge in [-0.05, 0) is 37.5 Å². The second kappa shape index (κ2) is 5.16. The van der Waals surface area contributed by atoms with Crippen molar-refractivity contribution in [2.75, 3.05) is 7.11 Å². The number of halogens is 2. The zero-order valence-corrected chi connectivity index (χ0v) is 13.3. The summed E-state index contributed by atoms with van der Waals surface area (Å²) in [5, 5.41) is 0. The molecule has 0 spiro atoms. The van der Waals surface area contributed by atoms with E-state index in [0.29, 0.717) is 11.3 Å². The minimum absolute atomic E-state index is 0.233. The lowest BCUT2D eigenvalue weighted by Crippen LogP contribution is -2.05. The summed E-state index contributed by atoms with van der Waals surface area (Å²) in [4.78, 5) is 0. The molecule has 0 unspecified atom stereocenters. The third-order valence-electron chi connectivity index (χ3n) is 2.81. The van der Waals surface area contributed by atoms with Crippen molar-refractivity contribution in [3.63, 3.8) is 0 Å². The number of hydrogen-bond acceptors (Lipinski definition) is 3. The first-order valence-corrected chi connectivity index (χ1v) is 8.20. The third kappa shape index (κ3) is 3.14. The van der Waals surface area contributed by atoms with Crippen molar-refractivity contribution < 1.29 is 13.2 Å². The van der Waals surface area contributed by atoms with E-state index in [4.69, 9.17) is 15.4 Å². The molecule has 0 aliphatic carbocycles. The number of ether oxygens (including phenoxy) is 1. The topological polar surface area (TPSA) is 43.4 Å². The average molecular weight is 342 g/mol. The molecule has 1 aromatic carbocycles. The van der Waals surface area contributed by atoms with Crippen molar-refractivity contribution in [3.8, 4) is 5.75 Å². The zero-order valence-electron chi connectivity index (χ0n) is 10.1. The van der Waals surface area contributed by atoms with Gasteiger partial charge in [-0.25, -0.2) is 8.42 Å². The maximum Gasteiger partial charge on any atom is 0.236 e. The monoisotopic (exact) mass is 340 g/mol. The number of methoxy groups -OCH3 is 1. The minimum atomic E-state index is -3.61. The second-order valence-corrected chi connectivity index (χ2v) is 7.45. The van der Waals surface area contributed by atoms with Crippen LogP contribution in [0.15, 0.2) is 4.47 Å². The molecule has 0 aliphatic heterocycles. The Hall–Kier alpha value is -0.260. The fraction of sp³-hybridized carbons (Fsp3) is 0.455. The molecule has 3 nitrogen and oxygen atoms in total. The van der Waals surface area contributed by atoms with Crippen LogP contribution in [0.1, 0.15) is 22.3 Å². The van der Waals surface area contributed by atoms with Gasteiger partial charge in [0.15, 0.2) is 0 Å². The highest BCUT2D eigenvalue weighted by atomic mass is 79.9. The van der Waals surface area contributed by atoms with E-state index in [0.717, 1.165) is 21.2 Å². The molecule has 0 heterocycles. The van der Waals surface area contributed by atoms with Crippen LogP contribution in [-0.2, 0) is 14.8 Å². The summed E-state index contributed by atoms with van der Waals surface area (Å²) in [5.41, 5.74) is 3.40. The largest absolute Gasteiger partial charge is 0.496 e. The maximum atomic E-state index is 11.2. The Bertz CT molecular complexity index is 553. The molecule has 0 fully saturated rings. The molecule has 0 bridgehead atoms. The van der Waals surface area contributed by atoms with Crippen molar-refractivity contribution in [2.24, 2.45) is 0 Å². The number of hydrogen-bond donors (Lipinski definition) is 0. The lowest BCUT2D eigenvalue weighted by molar-refractivity contribution is 0.407. The van der Waals surface area contributed by atoms with Crippen LogP contribution in [0.4, 0.5) is 0 Å². The fourth-order valence-corrected chi connectivity index (χ4v) is 3.32. The summed E-state index contributed by atoms with van der Waals surface area (Å²) in [6, 6.07) is 0. The molecular weight excluding hydrogens is 328 g/mol. The Morgan fingerprint density at radius 1 is 1.18 bits per heavy atom. The van der Waals surface area contributed by atoms with Gasteiger partial charge in [0.2, 0.25) is 9.05 Å². The second-order valence-electron chi connectivity index (χ2n) is 3.88. The smallest absolute Gasteiger partial charge is 0.236 e. The molecule has 6 heteroatoms. The molecule has 0 atom stereocenters. The van der Waals surface area contributed by atoms with E-state index in [1.807, 2.05) is 20.8 Å². The molecule has 96 valence electrons. The summed E-state index contributed by atoms with van der Waals surface area (Å²) < 4.78 is 28.6. The Labute approximate surface area is 115 Å². The first kappa shape index (κ1) is 14.8. The molecule has 0 aliphatic rings. The molecule has 0 amide bonds. The minimum Gasteiger partial charge on any atom is -0.496 e. The number of benzene rings is 1. The van der Waals surface area contributed by atoms with E-state index in [-0.39, 0.29) is 5.75 Å². The van der Waals surface area contributed by atoms with Crippen molar-refractivity contribution >= 4 is 35.7 Å².